The molecule has 0 spiro atoms. The minimum atomic E-state index is -0.370. The Balaban J connectivity index is 1.79. The molecule has 5 heteroatoms. The van der Waals surface area contributed by atoms with Gasteiger partial charge in [0.2, 0.25) is 5.91 Å². The van der Waals surface area contributed by atoms with Crippen LogP contribution >= 0.6 is 0 Å². The summed E-state index contributed by atoms with van der Waals surface area (Å²) in [4.78, 5) is 27.0. The summed E-state index contributed by atoms with van der Waals surface area (Å²) in [6.07, 6.45) is 2.08. The predicted molar refractivity (Wildman–Crippen MR) is 95.1 cm³/mol. The van der Waals surface area contributed by atoms with Gasteiger partial charge >= 0.3 is 0 Å². The molecule has 1 saturated heterocycles. The van der Waals surface area contributed by atoms with Crippen LogP contribution in [0.15, 0.2) is 42.5 Å². The smallest absolute Gasteiger partial charge is 0.256 e. The summed E-state index contributed by atoms with van der Waals surface area (Å²) in [7, 11) is 0. The second kappa shape index (κ2) is 7.47. The first kappa shape index (κ1) is 17.1. The Morgan fingerprint density at radius 1 is 1.12 bits per heavy atom. The molecule has 1 fully saturated rings. The van der Waals surface area contributed by atoms with E-state index in [1.807, 2.05) is 24.0 Å². The molecule has 0 aliphatic carbocycles. The van der Waals surface area contributed by atoms with Crippen LogP contribution in [0.5, 0.6) is 0 Å². The maximum Gasteiger partial charge on any atom is 0.256 e. The highest BCUT2D eigenvalue weighted by Crippen LogP contribution is 2.24. The second-order valence-electron chi connectivity index (χ2n) is 6.35. The third-order valence-electron chi connectivity index (χ3n) is 4.41. The lowest BCUT2D eigenvalue weighted by Crippen LogP contribution is -2.29. The number of hydrogen-bond acceptors (Lipinski definition) is 2. The molecule has 2 amide bonds. The first-order valence-electron chi connectivity index (χ1n) is 8.48. The maximum absolute atomic E-state index is 13.3. The van der Waals surface area contributed by atoms with Crippen molar-refractivity contribution >= 4 is 17.5 Å². The monoisotopic (exact) mass is 340 g/mol. The van der Waals surface area contributed by atoms with Gasteiger partial charge < -0.3 is 10.2 Å². The van der Waals surface area contributed by atoms with Crippen molar-refractivity contribution in [1.82, 2.24) is 4.90 Å². The van der Waals surface area contributed by atoms with Gasteiger partial charge in [-0.25, -0.2) is 4.39 Å². The van der Waals surface area contributed by atoms with Crippen molar-refractivity contribution < 1.29 is 14.0 Å². The lowest BCUT2D eigenvalue weighted by molar-refractivity contribution is -0.115. The highest BCUT2D eigenvalue weighted by molar-refractivity contribution is 6.05. The number of nitrogens with one attached hydrogen (secondary N) is 1. The Labute approximate surface area is 146 Å². The summed E-state index contributed by atoms with van der Waals surface area (Å²) in [6, 6.07) is 11.4. The summed E-state index contributed by atoms with van der Waals surface area (Å²) in [5.41, 5.74) is 2.48. The molecular weight excluding hydrogens is 319 g/mol. The second-order valence-corrected chi connectivity index (χ2v) is 6.35. The van der Waals surface area contributed by atoms with E-state index in [1.54, 1.807) is 18.2 Å². The summed E-state index contributed by atoms with van der Waals surface area (Å²) < 4.78 is 13.3. The number of benzene rings is 2. The molecule has 3 rings (SSSR count). The normalized spacial score (nSPS) is 13.8. The number of hydrogen-bond donors (Lipinski definition) is 1. The van der Waals surface area contributed by atoms with Crippen molar-refractivity contribution in [3.05, 3.63) is 65.0 Å². The van der Waals surface area contributed by atoms with Gasteiger partial charge in [0, 0.05) is 13.1 Å². The molecule has 2 aromatic rings. The average molecular weight is 340 g/mol. The molecule has 25 heavy (non-hydrogen) atoms. The van der Waals surface area contributed by atoms with Crippen molar-refractivity contribution in [2.24, 2.45) is 0 Å². The number of likely N-dealkylation sites (tertiary alicyclic amines) is 1. The molecule has 0 aromatic heterocycles. The molecule has 0 atom stereocenters. The molecular formula is C20H21FN2O2. The summed E-state index contributed by atoms with van der Waals surface area (Å²) in [6.45, 7) is 3.37. The Bertz CT molecular complexity index is 798. The van der Waals surface area contributed by atoms with Crippen LogP contribution in [0.4, 0.5) is 10.1 Å². The van der Waals surface area contributed by atoms with E-state index >= 15 is 0 Å². The highest BCUT2D eigenvalue weighted by Gasteiger charge is 2.24. The number of amides is 2. The van der Waals surface area contributed by atoms with Crippen LogP contribution < -0.4 is 5.32 Å². The standard InChI is InChI=1S/C20H21FN2O2/c1-14-6-4-9-17(19(14)20(25)23-10-2-3-11-23)22-18(24)13-15-7-5-8-16(21)12-15/h4-9,12H,2-3,10-11,13H2,1H3,(H,22,24). The number of carbonyl (C=O) groups is 2. The Morgan fingerprint density at radius 2 is 1.84 bits per heavy atom. The first-order chi connectivity index (χ1) is 12.0. The fourth-order valence-electron chi connectivity index (χ4n) is 3.16. The zero-order valence-corrected chi connectivity index (χ0v) is 14.2. The van der Waals surface area contributed by atoms with E-state index in [4.69, 9.17) is 0 Å². The average Bonchev–Trinajstić information content (AvgIpc) is 3.09. The number of rotatable bonds is 4. The van der Waals surface area contributed by atoms with Gasteiger partial charge in [0.15, 0.2) is 0 Å². The molecule has 4 nitrogen and oxygen atoms in total. The Kier molecular flexibility index (Phi) is 5.12. The van der Waals surface area contributed by atoms with E-state index in [0.717, 1.165) is 31.5 Å². The van der Waals surface area contributed by atoms with Crippen LogP contribution in [-0.2, 0) is 11.2 Å². The largest absolute Gasteiger partial charge is 0.339 e. The van der Waals surface area contributed by atoms with Crippen molar-refractivity contribution in [1.29, 1.82) is 0 Å². The predicted octanol–water partition coefficient (Wildman–Crippen LogP) is 3.55. The number of anilines is 1. The minimum Gasteiger partial charge on any atom is -0.339 e. The van der Waals surface area contributed by atoms with Crippen molar-refractivity contribution in [3.63, 3.8) is 0 Å². The molecule has 1 aliphatic rings. The molecule has 1 heterocycles. The van der Waals surface area contributed by atoms with E-state index < -0.39 is 0 Å². The highest BCUT2D eigenvalue weighted by atomic mass is 19.1. The van der Waals surface area contributed by atoms with E-state index in [2.05, 4.69) is 5.32 Å². The van der Waals surface area contributed by atoms with Gasteiger partial charge in [0.05, 0.1) is 17.7 Å². The number of halogens is 1. The van der Waals surface area contributed by atoms with Gasteiger partial charge in [-0.2, -0.15) is 0 Å². The first-order valence-corrected chi connectivity index (χ1v) is 8.48. The molecule has 0 unspecified atom stereocenters. The van der Waals surface area contributed by atoms with Gasteiger partial charge in [-0.1, -0.05) is 24.3 Å². The van der Waals surface area contributed by atoms with E-state index in [0.29, 0.717) is 16.8 Å². The third kappa shape index (κ3) is 4.05. The molecule has 0 saturated carbocycles. The topological polar surface area (TPSA) is 49.4 Å². The summed E-state index contributed by atoms with van der Waals surface area (Å²) in [5, 5.41) is 2.81. The molecule has 0 bridgehead atoms. The lowest BCUT2D eigenvalue weighted by Gasteiger charge is -2.19. The fourth-order valence-corrected chi connectivity index (χ4v) is 3.16. The van der Waals surface area contributed by atoms with Gasteiger partial charge in [-0.15, -0.1) is 0 Å². The summed E-state index contributed by atoms with van der Waals surface area (Å²) in [5.74, 6) is -0.686. The Morgan fingerprint density at radius 3 is 2.56 bits per heavy atom. The van der Waals surface area contributed by atoms with E-state index in [-0.39, 0.29) is 24.1 Å². The molecule has 0 radical (unpaired) electrons. The number of nitrogens with zero attached hydrogens (tertiary/aromatic N) is 1. The van der Waals surface area contributed by atoms with Gasteiger partial charge in [0.25, 0.3) is 5.91 Å². The van der Waals surface area contributed by atoms with Gasteiger partial charge in [-0.3, -0.25) is 9.59 Å². The SMILES string of the molecule is Cc1cccc(NC(=O)Cc2cccc(F)c2)c1C(=O)N1CCCC1. The number of aryl methyl sites for hydroxylation is 1. The van der Waals surface area contributed by atoms with Gasteiger partial charge in [-0.05, 0) is 49.1 Å². The van der Waals surface area contributed by atoms with Crippen molar-refractivity contribution in [2.75, 3.05) is 18.4 Å². The maximum atomic E-state index is 13.3. The molecule has 130 valence electrons. The summed E-state index contributed by atoms with van der Waals surface area (Å²) >= 11 is 0. The van der Waals surface area contributed by atoms with Crippen LogP contribution in [0, 0.1) is 12.7 Å². The van der Waals surface area contributed by atoms with Gasteiger partial charge in [0.1, 0.15) is 5.82 Å². The van der Waals surface area contributed by atoms with Crippen LogP contribution in [0.3, 0.4) is 0 Å². The molecule has 1 aliphatic heterocycles. The number of carbonyl (C=O) groups excluding carboxylic acids is 2. The zero-order valence-electron chi connectivity index (χ0n) is 14.2. The van der Waals surface area contributed by atoms with E-state index in [9.17, 15) is 14.0 Å². The van der Waals surface area contributed by atoms with Crippen LogP contribution in [-0.4, -0.2) is 29.8 Å². The van der Waals surface area contributed by atoms with Crippen LogP contribution in [0.2, 0.25) is 0 Å². The minimum absolute atomic E-state index is 0.0448. The lowest BCUT2D eigenvalue weighted by atomic mass is 10.0. The van der Waals surface area contributed by atoms with Crippen molar-refractivity contribution in [3.8, 4) is 0 Å². The molecule has 1 N–H and O–H groups in total. The fraction of sp³-hybridized carbons (Fsp3) is 0.300. The van der Waals surface area contributed by atoms with Crippen LogP contribution in [0.25, 0.3) is 0 Å². The quantitative estimate of drug-likeness (QED) is 0.925. The zero-order chi connectivity index (χ0) is 17.8. The van der Waals surface area contributed by atoms with Crippen LogP contribution in [0.1, 0.15) is 34.3 Å². The van der Waals surface area contributed by atoms with Crippen molar-refractivity contribution in [2.45, 2.75) is 26.2 Å². The third-order valence-corrected chi connectivity index (χ3v) is 4.41. The molecule has 2 aromatic carbocycles. The van der Waals surface area contributed by atoms with E-state index in [1.165, 1.54) is 12.1 Å². The Hall–Kier alpha value is -2.69.